The van der Waals surface area contributed by atoms with Crippen LogP contribution in [-0.2, 0) is 4.79 Å². The summed E-state index contributed by atoms with van der Waals surface area (Å²) in [5.41, 5.74) is 5.91. The van der Waals surface area contributed by atoms with E-state index >= 15 is 0 Å². The van der Waals surface area contributed by atoms with Crippen LogP contribution in [0.25, 0.3) is 0 Å². The summed E-state index contributed by atoms with van der Waals surface area (Å²) >= 11 is 0. The van der Waals surface area contributed by atoms with Gasteiger partial charge < -0.3 is 10.8 Å². The summed E-state index contributed by atoms with van der Waals surface area (Å²) < 4.78 is 0. The van der Waals surface area contributed by atoms with Gasteiger partial charge in [0, 0.05) is 6.07 Å². The molecule has 5 nitrogen and oxygen atoms in total. The predicted octanol–water partition coefficient (Wildman–Crippen LogP) is 0.883. The summed E-state index contributed by atoms with van der Waals surface area (Å²) in [5.74, 6) is -1.25. The number of hydrogen-bond donors (Lipinski definition) is 2. The lowest BCUT2D eigenvalue weighted by Gasteiger charge is -2.15. The van der Waals surface area contributed by atoms with E-state index in [1.54, 1.807) is 0 Å². The minimum absolute atomic E-state index is 0.0261. The molecule has 0 amide bonds. The van der Waals surface area contributed by atoms with E-state index in [2.05, 4.69) is 9.97 Å². The maximum Gasteiger partial charge on any atom is 0.312 e. The van der Waals surface area contributed by atoms with Gasteiger partial charge in [0.1, 0.15) is 18.1 Å². The second-order valence-electron chi connectivity index (χ2n) is 3.43. The lowest BCUT2D eigenvalue weighted by molar-refractivity contribution is -0.140. The second kappa shape index (κ2) is 4.04. The van der Waals surface area contributed by atoms with Crippen molar-refractivity contribution >= 4 is 11.8 Å². The van der Waals surface area contributed by atoms with Gasteiger partial charge in [0.25, 0.3) is 0 Å². The molecule has 0 fully saturated rings. The quantitative estimate of drug-likeness (QED) is 0.747. The van der Waals surface area contributed by atoms with Crippen LogP contribution in [0, 0.1) is 5.92 Å². The van der Waals surface area contributed by atoms with E-state index in [9.17, 15) is 4.79 Å². The first-order valence-electron chi connectivity index (χ1n) is 4.32. The second-order valence-corrected chi connectivity index (χ2v) is 3.43. The van der Waals surface area contributed by atoms with Crippen molar-refractivity contribution in [1.29, 1.82) is 0 Å². The highest BCUT2D eigenvalue weighted by Crippen LogP contribution is 2.23. The fourth-order valence-electron chi connectivity index (χ4n) is 1.31. The molecule has 0 aliphatic rings. The highest BCUT2D eigenvalue weighted by molar-refractivity contribution is 5.75. The van der Waals surface area contributed by atoms with E-state index in [4.69, 9.17) is 10.8 Å². The smallest absolute Gasteiger partial charge is 0.312 e. The molecule has 1 aromatic rings. The molecular weight excluding hydrogens is 182 g/mol. The lowest BCUT2D eigenvalue weighted by atomic mass is 9.92. The zero-order chi connectivity index (χ0) is 10.7. The standard InChI is InChI=1S/C9H13N3O2/c1-5(2)8(9(13)14)6-3-7(10)12-4-11-6/h3-5,8H,1-2H3,(H,13,14)(H2,10,11,12). The molecule has 1 heterocycles. The van der Waals surface area contributed by atoms with Crippen LogP contribution in [0.3, 0.4) is 0 Å². The van der Waals surface area contributed by atoms with Crippen molar-refractivity contribution in [2.24, 2.45) is 5.92 Å². The number of aromatic nitrogens is 2. The Morgan fingerprint density at radius 1 is 1.50 bits per heavy atom. The Bertz CT molecular complexity index is 339. The Morgan fingerprint density at radius 3 is 2.57 bits per heavy atom. The Kier molecular flexibility index (Phi) is 3.01. The van der Waals surface area contributed by atoms with E-state index < -0.39 is 11.9 Å². The summed E-state index contributed by atoms with van der Waals surface area (Å²) in [4.78, 5) is 18.6. The van der Waals surface area contributed by atoms with Gasteiger partial charge in [-0.05, 0) is 5.92 Å². The molecule has 1 rings (SSSR count). The first-order valence-corrected chi connectivity index (χ1v) is 4.32. The molecule has 0 aliphatic heterocycles. The van der Waals surface area contributed by atoms with Gasteiger partial charge in [0.15, 0.2) is 0 Å². The molecule has 1 unspecified atom stereocenters. The van der Waals surface area contributed by atoms with E-state index in [0.29, 0.717) is 11.5 Å². The number of nitrogen functional groups attached to an aromatic ring is 1. The van der Waals surface area contributed by atoms with Gasteiger partial charge in [0.2, 0.25) is 0 Å². The number of nitrogens with zero attached hydrogens (tertiary/aromatic N) is 2. The van der Waals surface area contributed by atoms with Gasteiger partial charge in [0.05, 0.1) is 5.69 Å². The average Bonchev–Trinajstić information content (AvgIpc) is 2.02. The van der Waals surface area contributed by atoms with Gasteiger partial charge in [-0.1, -0.05) is 13.8 Å². The van der Waals surface area contributed by atoms with Gasteiger partial charge in [-0.2, -0.15) is 0 Å². The molecule has 1 atom stereocenters. The van der Waals surface area contributed by atoms with Gasteiger partial charge >= 0.3 is 5.97 Å². The van der Waals surface area contributed by atoms with Crippen LogP contribution in [-0.4, -0.2) is 21.0 Å². The number of hydrogen-bond acceptors (Lipinski definition) is 4. The highest BCUT2D eigenvalue weighted by atomic mass is 16.4. The molecule has 14 heavy (non-hydrogen) atoms. The number of anilines is 1. The minimum atomic E-state index is -0.891. The molecular formula is C9H13N3O2. The Morgan fingerprint density at radius 2 is 2.14 bits per heavy atom. The molecule has 1 aromatic heterocycles. The van der Waals surface area contributed by atoms with Crippen LogP contribution in [0.15, 0.2) is 12.4 Å². The number of nitrogens with two attached hydrogens (primary N) is 1. The summed E-state index contributed by atoms with van der Waals surface area (Å²) in [5, 5.41) is 8.99. The third-order valence-corrected chi connectivity index (χ3v) is 1.96. The van der Waals surface area contributed by atoms with E-state index in [1.165, 1.54) is 12.4 Å². The third-order valence-electron chi connectivity index (χ3n) is 1.96. The Balaban J connectivity index is 3.05. The number of carbonyl (C=O) groups is 1. The summed E-state index contributed by atoms with van der Waals surface area (Å²) in [6, 6.07) is 1.50. The largest absolute Gasteiger partial charge is 0.481 e. The average molecular weight is 195 g/mol. The van der Waals surface area contributed by atoms with Crippen LogP contribution in [0.2, 0.25) is 0 Å². The third kappa shape index (κ3) is 2.18. The first-order chi connectivity index (χ1) is 6.52. The lowest BCUT2D eigenvalue weighted by Crippen LogP contribution is -2.19. The SMILES string of the molecule is CC(C)C(C(=O)O)c1cc(N)ncn1. The van der Waals surface area contributed by atoms with Crippen molar-refractivity contribution in [3.63, 3.8) is 0 Å². The molecule has 0 aliphatic carbocycles. The van der Waals surface area contributed by atoms with Crippen LogP contribution in [0.4, 0.5) is 5.82 Å². The molecule has 0 radical (unpaired) electrons. The molecule has 0 aromatic carbocycles. The fourth-order valence-corrected chi connectivity index (χ4v) is 1.31. The number of carboxylic acid groups (broad SMARTS) is 1. The first kappa shape index (κ1) is 10.4. The zero-order valence-electron chi connectivity index (χ0n) is 8.14. The fraction of sp³-hybridized carbons (Fsp3) is 0.444. The molecule has 0 bridgehead atoms. The predicted molar refractivity (Wildman–Crippen MR) is 51.7 cm³/mol. The van der Waals surface area contributed by atoms with Gasteiger partial charge in [-0.3, -0.25) is 4.79 Å². The summed E-state index contributed by atoms with van der Waals surface area (Å²) in [6.45, 7) is 3.66. The van der Waals surface area contributed by atoms with Gasteiger partial charge in [-0.15, -0.1) is 0 Å². The van der Waals surface area contributed by atoms with E-state index in [-0.39, 0.29) is 5.92 Å². The van der Waals surface area contributed by atoms with Crippen LogP contribution < -0.4 is 5.73 Å². The summed E-state index contributed by atoms with van der Waals surface area (Å²) in [6.07, 6.45) is 1.28. The maximum atomic E-state index is 11.0. The number of aliphatic carboxylic acids is 1. The molecule has 0 saturated carbocycles. The molecule has 76 valence electrons. The van der Waals surface area contributed by atoms with Crippen LogP contribution in [0.5, 0.6) is 0 Å². The monoisotopic (exact) mass is 195 g/mol. The highest BCUT2D eigenvalue weighted by Gasteiger charge is 2.24. The molecule has 0 spiro atoms. The van der Waals surface area contributed by atoms with Crippen molar-refractivity contribution in [2.45, 2.75) is 19.8 Å². The molecule has 0 saturated heterocycles. The minimum Gasteiger partial charge on any atom is -0.481 e. The summed E-state index contributed by atoms with van der Waals surface area (Å²) in [7, 11) is 0. The van der Waals surface area contributed by atoms with Crippen molar-refractivity contribution in [3.05, 3.63) is 18.1 Å². The zero-order valence-corrected chi connectivity index (χ0v) is 8.14. The molecule has 3 N–H and O–H groups in total. The Labute approximate surface area is 82.0 Å². The van der Waals surface area contributed by atoms with Gasteiger partial charge in [-0.25, -0.2) is 9.97 Å². The van der Waals surface area contributed by atoms with Crippen LogP contribution in [0.1, 0.15) is 25.5 Å². The van der Waals surface area contributed by atoms with Crippen LogP contribution >= 0.6 is 0 Å². The van der Waals surface area contributed by atoms with Crippen molar-refractivity contribution in [2.75, 3.05) is 5.73 Å². The maximum absolute atomic E-state index is 11.0. The molecule has 5 heteroatoms. The van der Waals surface area contributed by atoms with Crippen molar-refractivity contribution in [3.8, 4) is 0 Å². The normalized spacial score (nSPS) is 12.8. The van der Waals surface area contributed by atoms with Crippen molar-refractivity contribution < 1.29 is 9.90 Å². The number of carboxylic acids is 1. The van der Waals surface area contributed by atoms with E-state index in [0.717, 1.165) is 0 Å². The topological polar surface area (TPSA) is 89.1 Å². The van der Waals surface area contributed by atoms with Crippen molar-refractivity contribution in [1.82, 2.24) is 9.97 Å². The Hall–Kier alpha value is -1.65. The van der Waals surface area contributed by atoms with E-state index in [1.807, 2.05) is 13.8 Å². The number of rotatable bonds is 3.